The SMILES string of the molecule is CCOC(=O)c1cc(Cc2ccccc2)sc1NC(=S)Nc1ccccc1-c1ccccc1. The fraction of sp³-hybridized carbons (Fsp3) is 0.111. The van der Waals surface area contributed by atoms with Gasteiger partial charge in [-0.25, -0.2) is 4.79 Å². The number of anilines is 2. The summed E-state index contributed by atoms with van der Waals surface area (Å²) in [7, 11) is 0. The molecule has 4 aromatic rings. The van der Waals surface area contributed by atoms with Crippen molar-refractivity contribution in [3.05, 3.63) is 107 Å². The molecule has 1 aromatic heterocycles. The number of benzene rings is 3. The van der Waals surface area contributed by atoms with Crippen molar-refractivity contribution in [2.45, 2.75) is 13.3 Å². The van der Waals surface area contributed by atoms with Crippen LogP contribution in [0.4, 0.5) is 10.7 Å². The first kappa shape index (κ1) is 22.7. The highest BCUT2D eigenvalue weighted by Gasteiger charge is 2.19. The van der Waals surface area contributed by atoms with Crippen molar-refractivity contribution >= 4 is 45.3 Å². The van der Waals surface area contributed by atoms with Crippen LogP contribution in [-0.2, 0) is 11.2 Å². The van der Waals surface area contributed by atoms with Crippen molar-refractivity contribution in [3.63, 3.8) is 0 Å². The van der Waals surface area contributed by atoms with Crippen LogP contribution in [0.3, 0.4) is 0 Å². The Morgan fingerprint density at radius 2 is 1.58 bits per heavy atom. The van der Waals surface area contributed by atoms with E-state index in [4.69, 9.17) is 17.0 Å². The van der Waals surface area contributed by atoms with Gasteiger partial charge in [-0.15, -0.1) is 11.3 Å². The molecule has 0 fully saturated rings. The average molecular weight is 473 g/mol. The van der Waals surface area contributed by atoms with E-state index in [9.17, 15) is 4.79 Å². The second-order valence-corrected chi connectivity index (χ2v) is 8.87. The van der Waals surface area contributed by atoms with Gasteiger partial charge in [0.2, 0.25) is 0 Å². The molecule has 0 saturated heterocycles. The van der Waals surface area contributed by atoms with E-state index in [1.54, 1.807) is 6.92 Å². The highest BCUT2D eigenvalue weighted by Crippen LogP contribution is 2.32. The van der Waals surface area contributed by atoms with Crippen LogP contribution in [0, 0.1) is 0 Å². The molecule has 0 radical (unpaired) electrons. The minimum atomic E-state index is -0.358. The van der Waals surface area contributed by atoms with Gasteiger partial charge in [-0.2, -0.15) is 0 Å². The van der Waals surface area contributed by atoms with Crippen LogP contribution in [0.25, 0.3) is 11.1 Å². The first-order valence-electron chi connectivity index (χ1n) is 10.7. The summed E-state index contributed by atoms with van der Waals surface area (Å²) in [5.41, 5.74) is 4.70. The van der Waals surface area contributed by atoms with Crippen LogP contribution >= 0.6 is 23.6 Å². The van der Waals surface area contributed by atoms with Crippen molar-refractivity contribution in [2.75, 3.05) is 17.2 Å². The highest BCUT2D eigenvalue weighted by atomic mass is 32.1. The Morgan fingerprint density at radius 1 is 0.909 bits per heavy atom. The Kier molecular flexibility index (Phi) is 7.50. The Balaban J connectivity index is 1.56. The Labute approximate surface area is 203 Å². The molecule has 0 spiro atoms. The smallest absolute Gasteiger partial charge is 0.341 e. The number of thiocarbonyl (C=S) groups is 1. The predicted octanol–water partition coefficient (Wildman–Crippen LogP) is 6.99. The zero-order valence-electron chi connectivity index (χ0n) is 18.2. The second kappa shape index (κ2) is 10.9. The molecular formula is C27H24N2O2S2. The Morgan fingerprint density at radius 3 is 2.30 bits per heavy atom. The monoisotopic (exact) mass is 472 g/mol. The molecule has 2 N–H and O–H groups in total. The molecule has 0 aliphatic heterocycles. The van der Waals surface area contributed by atoms with Gasteiger partial charge in [0.05, 0.1) is 12.2 Å². The van der Waals surface area contributed by atoms with Gasteiger partial charge in [-0.1, -0.05) is 78.9 Å². The maximum Gasteiger partial charge on any atom is 0.341 e. The maximum absolute atomic E-state index is 12.6. The second-order valence-electron chi connectivity index (χ2n) is 7.33. The Hall–Kier alpha value is -3.48. The molecule has 3 aromatic carbocycles. The molecule has 6 heteroatoms. The quantitative estimate of drug-likeness (QED) is 0.224. The van der Waals surface area contributed by atoms with Crippen LogP contribution in [0.5, 0.6) is 0 Å². The number of nitrogens with one attached hydrogen (secondary N) is 2. The molecule has 166 valence electrons. The van der Waals surface area contributed by atoms with Crippen LogP contribution < -0.4 is 10.6 Å². The largest absolute Gasteiger partial charge is 0.462 e. The van der Waals surface area contributed by atoms with Gasteiger partial charge in [0.1, 0.15) is 5.00 Å². The summed E-state index contributed by atoms with van der Waals surface area (Å²) in [5.74, 6) is -0.358. The summed E-state index contributed by atoms with van der Waals surface area (Å²) in [6, 6.07) is 30.2. The topological polar surface area (TPSA) is 50.4 Å². The molecular weight excluding hydrogens is 448 g/mol. The van der Waals surface area contributed by atoms with Crippen LogP contribution in [-0.4, -0.2) is 17.7 Å². The van der Waals surface area contributed by atoms with E-state index in [0.29, 0.717) is 22.3 Å². The van der Waals surface area contributed by atoms with Gasteiger partial charge in [0.15, 0.2) is 5.11 Å². The number of esters is 1. The van der Waals surface area contributed by atoms with Crippen molar-refractivity contribution in [3.8, 4) is 11.1 Å². The summed E-state index contributed by atoms with van der Waals surface area (Å²) < 4.78 is 5.27. The fourth-order valence-corrected chi connectivity index (χ4v) is 4.86. The molecule has 33 heavy (non-hydrogen) atoms. The lowest BCUT2D eigenvalue weighted by Crippen LogP contribution is -2.20. The van der Waals surface area contributed by atoms with Crippen molar-refractivity contribution < 1.29 is 9.53 Å². The van der Waals surface area contributed by atoms with Gasteiger partial charge in [0.25, 0.3) is 0 Å². The van der Waals surface area contributed by atoms with Gasteiger partial charge < -0.3 is 15.4 Å². The molecule has 0 saturated carbocycles. The molecule has 0 unspecified atom stereocenters. The summed E-state index contributed by atoms with van der Waals surface area (Å²) in [6.07, 6.45) is 0.733. The summed E-state index contributed by atoms with van der Waals surface area (Å²) in [5, 5.41) is 7.60. The molecule has 0 bridgehead atoms. The van der Waals surface area contributed by atoms with Gasteiger partial charge >= 0.3 is 5.97 Å². The lowest BCUT2D eigenvalue weighted by Gasteiger charge is -2.14. The number of hydrogen-bond donors (Lipinski definition) is 2. The summed E-state index contributed by atoms with van der Waals surface area (Å²) >= 11 is 7.12. The number of thiophene rings is 1. The zero-order chi connectivity index (χ0) is 23.0. The van der Waals surface area contributed by atoms with Crippen molar-refractivity contribution in [1.82, 2.24) is 0 Å². The summed E-state index contributed by atoms with van der Waals surface area (Å²) in [6.45, 7) is 2.12. The summed E-state index contributed by atoms with van der Waals surface area (Å²) in [4.78, 5) is 13.6. The first-order valence-corrected chi connectivity index (χ1v) is 11.9. The number of carbonyl (C=O) groups excluding carboxylic acids is 1. The van der Waals surface area contributed by atoms with E-state index in [1.165, 1.54) is 16.9 Å². The predicted molar refractivity (Wildman–Crippen MR) is 141 cm³/mol. The lowest BCUT2D eigenvalue weighted by molar-refractivity contribution is 0.0528. The average Bonchev–Trinajstić information content (AvgIpc) is 3.22. The lowest BCUT2D eigenvalue weighted by atomic mass is 10.0. The fourth-order valence-electron chi connectivity index (χ4n) is 3.50. The van der Waals surface area contributed by atoms with Gasteiger partial charge in [0, 0.05) is 22.5 Å². The van der Waals surface area contributed by atoms with E-state index in [2.05, 4.69) is 34.9 Å². The van der Waals surface area contributed by atoms with E-state index >= 15 is 0 Å². The minimum Gasteiger partial charge on any atom is -0.462 e. The molecule has 0 aliphatic carbocycles. The van der Waals surface area contributed by atoms with E-state index in [-0.39, 0.29) is 5.97 Å². The molecule has 0 aliphatic rings. The third-order valence-electron chi connectivity index (χ3n) is 4.99. The van der Waals surface area contributed by atoms with E-state index in [1.807, 2.05) is 66.7 Å². The van der Waals surface area contributed by atoms with E-state index < -0.39 is 0 Å². The molecule has 0 amide bonds. The molecule has 4 nitrogen and oxygen atoms in total. The third kappa shape index (κ3) is 5.86. The molecule has 1 heterocycles. The van der Waals surface area contributed by atoms with Crippen LogP contribution in [0.1, 0.15) is 27.7 Å². The normalized spacial score (nSPS) is 10.5. The number of hydrogen-bond acceptors (Lipinski definition) is 4. The number of rotatable bonds is 7. The number of carbonyl (C=O) groups is 1. The standard InChI is InChI=1S/C27H24N2O2S2/c1-2-31-26(30)23-18-21(17-19-11-5-3-6-12-19)33-25(23)29-27(32)28-24-16-10-9-15-22(24)20-13-7-4-8-14-20/h3-16,18H,2,17H2,1H3,(H2,28,29,32). The number of para-hydroxylation sites is 1. The Bertz CT molecular complexity index is 1240. The maximum atomic E-state index is 12.6. The first-order chi connectivity index (χ1) is 16.1. The van der Waals surface area contributed by atoms with Gasteiger partial charge in [-0.05, 0) is 42.4 Å². The third-order valence-corrected chi connectivity index (χ3v) is 6.24. The molecule has 4 rings (SSSR count). The van der Waals surface area contributed by atoms with Crippen molar-refractivity contribution in [2.24, 2.45) is 0 Å². The van der Waals surface area contributed by atoms with Crippen LogP contribution in [0.15, 0.2) is 91.0 Å². The van der Waals surface area contributed by atoms with Crippen molar-refractivity contribution in [1.29, 1.82) is 0 Å². The zero-order valence-corrected chi connectivity index (χ0v) is 19.8. The highest BCUT2D eigenvalue weighted by molar-refractivity contribution is 7.80. The minimum absolute atomic E-state index is 0.315. The molecule has 0 atom stereocenters. The number of ether oxygens (including phenoxy) is 1. The van der Waals surface area contributed by atoms with Crippen LogP contribution in [0.2, 0.25) is 0 Å². The van der Waals surface area contributed by atoms with E-state index in [0.717, 1.165) is 28.1 Å². The van der Waals surface area contributed by atoms with Gasteiger partial charge in [-0.3, -0.25) is 0 Å².